The van der Waals surface area contributed by atoms with E-state index in [0.717, 1.165) is 34.5 Å². The molecule has 8 nitrogen and oxygen atoms in total. The summed E-state index contributed by atoms with van der Waals surface area (Å²) in [6.45, 7) is 10.1. The maximum Gasteiger partial charge on any atom is 0.246 e. The number of amides is 2. The van der Waals surface area contributed by atoms with Crippen LogP contribution in [0.4, 0.5) is 0 Å². The molecule has 2 fully saturated rings. The first-order chi connectivity index (χ1) is 19.9. The Balaban J connectivity index is 1.37. The van der Waals surface area contributed by atoms with Crippen LogP contribution in [0.5, 0.6) is 0 Å². The van der Waals surface area contributed by atoms with E-state index in [0.29, 0.717) is 12.5 Å². The molecule has 1 heterocycles. The van der Waals surface area contributed by atoms with Gasteiger partial charge in [-0.25, -0.2) is 4.98 Å². The Labute approximate surface area is 254 Å². The van der Waals surface area contributed by atoms with Crippen molar-refractivity contribution in [2.45, 2.75) is 97.8 Å². The molecular weight excluding hydrogens is 550 g/mol. The molecule has 2 aromatic rings. The van der Waals surface area contributed by atoms with Gasteiger partial charge in [0, 0.05) is 5.92 Å². The molecule has 4 rings (SSSR count). The number of nitrogens with one attached hydrogen (secondary N) is 2. The van der Waals surface area contributed by atoms with Gasteiger partial charge in [-0.2, -0.15) is 0 Å². The van der Waals surface area contributed by atoms with Crippen LogP contribution in [-0.2, 0) is 19.1 Å². The standard InChI is InChI=1S/C33H47N3O5S/c1-20(23-11-13-24(14-12-23)30-21(2)34-19-42-30)35-32(40)27-16-25(37)15-26(27)29(39)31(33(3,4)5)36-28(38)18-41-17-22-9-7-6-8-10-22/h11-14,19-20,22,25-27,31,37H,6-10,15-18H2,1-5H3,(H,35,40)(H,36,38)/t20-,25-,26?,27+,31+/m0/s1. The maximum atomic E-state index is 13.9. The number of rotatable bonds is 11. The van der Waals surface area contributed by atoms with Crippen molar-refractivity contribution >= 4 is 28.9 Å². The zero-order valence-corrected chi connectivity index (χ0v) is 26.5. The topological polar surface area (TPSA) is 118 Å². The van der Waals surface area contributed by atoms with E-state index in [1.54, 1.807) is 11.3 Å². The van der Waals surface area contributed by atoms with Crippen LogP contribution < -0.4 is 10.6 Å². The second kappa shape index (κ2) is 14.2. The number of aromatic nitrogens is 1. The van der Waals surface area contributed by atoms with Crippen molar-refractivity contribution in [3.63, 3.8) is 0 Å². The van der Waals surface area contributed by atoms with E-state index in [-0.39, 0.29) is 43.1 Å². The largest absolute Gasteiger partial charge is 0.393 e. The molecule has 1 unspecified atom stereocenters. The fourth-order valence-electron chi connectivity index (χ4n) is 6.32. The van der Waals surface area contributed by atoms with Crippen LogP contribution in [0.1, 0.15) is 89.9 Å². The van der Waals surface area contributed by atoms with Crippen LogP contribution in [0.2, 0.25) is 0 Å². The number of aliphatic hydroxyl groups is 1. The van der Waals surface area contributed by atoms with Crippen molar-refractivity contribution in [2.24, 2.45) is 23.2 Å². The first-order valence-electron chi connectivity index (χ1n) is 15.3. The van der Waals surface area contributed by atoms with Crippen LogP contribution in [-0.4, -0.2) is 53.0 Å². The van der Waals surface area contributed by atoms with E-state index < -0.39 is 29.4 Å². The SMILES string of the molecule is Cc1ncsc1-c1ccc([C@H](C)NC(=O)[C@@H]2C[C@@H](O)CC2C(=O)[C@@H](NC(=O)COCC2CCCCC2)C(C)(C)C)cc1. The lowest BCUT2D eigenvalue weighted by atomic mass is 9.77. The molecule has 230 valence electrons. The number of aliphatic hydroxyl groups excluding tert-OH is 1. The Morgan fingerprint density at radius 1 is 1.05 bits per heavy atom. The number of ketones is 1. The second-order valence-electron chi connectivity index (χ2n) is 13.2. The number of aryl methyl sites for hydroxylation is 1. The molecule has 0 spiro atoms. The van der Waals surface area contributed by atoms with Crippen molar-refractivity contribution in [1.82, 2.24) is 15.6 Å². The number of thiazole rings is 1. The van der Waals surface area contributed by atoms with E-state index in [9.17, 15) is 19.5 Å². The maximum absolute atomic E-state index is 13.9. The molecule has 42 heavy (non-hydrogen) atoms. The number of nitrogens with zero attached hydrogens (tertiary/aromatic N) is 1. The van der Waals surface area contributed by atoms with Crippen molar-refractivity contribution in [3.05, 3.63) is 41.0 Å². The number of carbonyl (C=O) groups excluding carboxylic acids is 3. The highest BCUT2D eigenvalue weighted by Crippen LogP contribution is 2.37. The Morgan fingerprint density at radius 2 is 1.71 bits per heavy atom. The average molecular weight is 598 g/mol. The lowest BCUT2D eigenvalue weighted by Crippen LogP contribution is -2.53. The van der Waals surface area contributed by atoms with E-state index in [1.807, 2.05) is 64.4 Å². The van der Waals surface area contributed by atoms with Crippen molar-refractivity contribution < 1.29 is 24.2 Å². The van der Waals surface area contributed by atoms with Gasteiger partial charge in [-0.05, 0) is 62.0 Å². The summed E-state index contributed by atoms with van der Waals surface area (Å²) in [5.41, 5.74) is 4.27. The van der Waals surface area contributed by atoms with Gasteiger partial charge in [0.2, 0.25) is 11.8 Å². The van der Waals surface area contributed by atoms with Gasteiger partial charge >= 0.3 is 0 Å². The third-order valence-corrected chi connectivity index (χ3v) is 9.76. The predicted molar refractivity (Wildman–Crippen MR) is 165 cm³/mol. The first kappa shape index (κ1) is 32.3. The molecule has 2 saturated carbocycles. The Kier molecular flexibility index (Phi) is 10.9. The average Bonchev–Trinajstić information content (AvgIpc) is 3.56. The van der Waals surface area contributed by atoms with E-state index in [2.05, 4.69) is 15.6 Å². The van der Waals surface area contributed by atoms with Gasteiger partial charge in [-0.15, -0.1) is 11.3 Å². The molecule has 2 aliphatic rings. The highest BCUT2D eigenvalue weighted by atomic mass is 32.1. The third kappa shape index (κ3) is 8.26. The molecule has 0 bridgehead atoms. The quantitative estimate of drug-likeness (QED) is 0.320. The van der Waals surface area contributed by atoms with Crippen LogP contribution in [0.15, 0.2) is 29.8 Å². The first-order valence-corrected chi connectivity index (χ1v) is 16.2. The minimum absolute atomic E-state index is 0.0908. The van der Waals surface area contributed by atoms with Crippen molar-refractivity contribution in [2.75, 3.05) is 13.2 Å². The number of hydrogen-bond acceptors (Lipinski definition) is 7. The fourth-order valence-corrected chi connectivity index (χ4v) is 7.14. The molecule has 3 N–H and O–H groups in total. The zero-order valence-electron chi connectivity index (χ0n) is 25.7. The summed E-state index contributed by atoms with van der Waals surface area (Å²) >= 11 is 1.59. The van der Waals surface area contributed by atoms with Gasteiger partial charge in [-0.1, -0.05) is 64.3 Å². The molecule has 2 aliphatic carbocycles. The normalized spacial score (nSPS) is 22.9. The fraction of sp³-hybridized carbons (Fsp3) is 0.636. The zero-order chi connectivity index (χ0) is 30.4. The predicted octanol–water partition coefficient (Wildman–Crippen LogP) is 5.38. The number of ether oxygens (including phenoxy) is 1. The third-order valence-electron chi connectivity index (χ3n) is 8.78. The number of hydrogen-bond donors (Lipinski definition) is 3. The molecule has 0 aliphatic heterocycles. The monoisotopic (exact) mass is 597 g/mol. The van der Waals surface area contributed by atoms with Gasteiger partial charge < -0.3 is 20.5 Å². The smallest absolute Gasteiger partial charge is 0.246 e. The van der Waals surface area contributed by atoms with Crippen molar-refractivity contribution in [3.8, 4) is 10.4 Å². The van der Waals surface area contributed by atoms with Gasteiger partial charge in [0.1, 0.15) is 6.61 Å². The Hall–Kier alpha value is -2.62. The summed E-state index contributed by atoms with van der Waals surface area (Å²) in [6, 6.07) is 6.97. The van der Waals surface area contributed by atoms with Gasteiger partial charge in [0.15, 0.2) is 5.78 Å². The molecule has 0 saturated heterocycles. The Bertz CT molecular complexity index is 1220. The van der Waals surface area contributed by atoms with Gasteiger partial charge in [0.05, 0.1) is 46.8 Å². The molecule has 1 aromatic carbocycles. The van der Waals surface area contributed by atoms with Crippen LogP contribution in [0, 0.1) is 30.1 Å². The molecular formula is C33H47N3O5S. The summed E-state index contributed by atoms with van der Waals surface area (Å²) in [5.74, 6) is -1.65. The number of Topliss-reactive ketones (excluding diaryl/α,β-unsaturated/α-hetero) is 1. The number of benzene rings is 1. The summed E-state index contributed by atoms with van der Waals surface area (Å²) in [4.78, 5) is 45.7. The van der Waals surface area contributed by atoms with E-state index in [4.69, 9.17) is 4.74 Å². The highest BCUT2D eigenvalue weighted by molar-refractivity contribution is 7.13. The van der Waals surface area contributed by atoms with Crippen LogP contribution >= 0.6 is 11.3 Å². The van der Waals surface area contributed by atoms with E-state index in [1.165, 1.54) is 19.3 Å². The lowest BCUT2D eigenvalue weighted by molar-refractivity contribution is -0.138. The summed E-state index contributed by atoms with van der Waals surface area (Å²) in [7, 11) is 0. The van der Waals surface area contributed by atoms with Crippen molar-refractivity contribution in [1.29, 1.82) is 0 Å². The molecule has 1 aromatic heterocycles. The summed E-state index contributed by atoms with van der Waals surface area (Å²) in [6.07, 6.45) is 5.62. The summed E-state index contributed by atoms with van der Waals surface area (Å²) in [5, 5.41) is 16.5. The summed E-state index contributed by atoms with van der Waals surface area (Å²) < 4.78 is 5.72. The second-order valence-corrected chi connectivity index (χ2v) is 14.1. The van der Waals surface area contributed by atoms with Gasteiger partial charge in [-0.3, -0.25) is 14.4 Å². The lowest BCUT2D eigenvalue weighted by Gasteiger charge is -2.33. The van der Waals surface area contributed by atoms with E-state index >= 15 is 0 Å². The number of carbonyl (C=O) groups is 3. The van der Waals surface area contributed by atoms with Crippen LogP contribution in [0.25, 0.3) is 10.4 Å². The van der Waals surface area contributed by atoms with Crippen LogP contribution in [0.3, 0.4) is 0 Å². The molecule has 5 atom stereocenters. The molecule has 9 heteroatoms. The highest BCUT2D eigenvalue weighted by Gasteiger charge is 2.47. The molecule has 2 amide bonds. The Morgan fingerprint density at radius 3 is 2.33 bits per heavy atom. The molecule has 0 radical (unpaired) electrons. The minimum atomic E-state index is -0.797. The minimum Gasteiger partial charge on any atom is -0.393 e. The van der Waals surface area contributed by atoms with Gasteiger partial charge in [0.25, 0.3) is 0 Å².